The summed E-state index contributed by atoms with van der Waals surface area (Å²) in [5.74, 6) is 0. The summed E-state index contributed by atoms with van der Waals surface area (Å²) in [6.45, 7) is 0. The summed E-state index contributed by atoms with van der Waals surface area (Å²) in [6.07, 6.45) is 0. The van der Waals surface area contributed by atoms with Crippen molar-refractivity contribution in [1.29, 1.82) is 0 Å². The van der Waals surface area contributed by atoms with Crippen molar-refractivity contribution in [2.75, 3.05) is 0 Å². The summed E-state index contributed by atoms with van der Waals surface area (Å²) >= 11 is 1.90. The minimum Gasteiger partial charge on any atom is -0.309 e. The topological polar surface area (TPSA) is 9.34 Å². The van der Waals surface area contributed by atoms with Crippen molar-refractivity contribution in [1.82, 2.24) is 8.97 Å². The van der Waals surface area contributed by atoms with Gasteiger partial charge in [-0.2, -0.15) is 0 Å². The van der Waals surface area contributed by atoms with Gasteiger partial charge in [-0.25, -0.2) is 0 Å². The zero-order valence-electron chi connectivity index (χ0n) is 23.2. The average molecular weight is 565 g/mol. The monoisotopic (exact) mass is 564 g/mol. The summed E-state index contributed by atoms with van der Waals surface area (Å²) < 4.78 is 6.22. The van der Waals surface area contributed by atoms with Gasteiger partial charge in [0, 0.05) is 37.5 Å². The van der Waals surface area contributed by atoms with Crippen LogP contribution in [0, 0.1) is 0 Å². The van der Waals surface area contributed by atoms with Crippen molar-refractivity contribution in [2.24, 2.45) is 0 Å². The second kappa shape index (κ2) is 8.57. The molecule has 0 aliphatic carbocycles. The smallest absolute Gasteiger partial charge is 0.0656 e. The van der Waals surface area contributed by atoms with Gasteiger partial charge in [0.2, 0.25) is 0 Å². The minimum absolute atomic E-state index is 1.18. The summed E-state index contributed by atoms with van der Waals surface area (Å²) in [6, 6.07) is 53.3. The van der Waals surface area contributed by atoms with Crippen LogP contribution >= 0.6 is 11.3 Å². The fraction of sp³-hybridized carbons (Fsp3) is 0. The Hall–Kier alpha value is -5.38. The maximum absolute atomic E-state index is 2.48. The Morgan fingerprint density at radius 1 is 0.395 bits per heavy atom. The molecule has 0 N–H and O–H groups in total. The Labute approximate surface area is 251 Å². The van der Waals surface area contributed by atoms with Crippen LogP contribution in [0.3, 0.4) is 0 Å². The first kappa shape index (κ1) is 23.2. The highest BCUT2D eigenvalue weighted by Gasteiger charge is 2.21. The molecule has 4 aromatic heterocycles. The third-order valence-corrected chi connectivity index (χ3v) is 10.3. The van der Waals surface area contributed by atoms with E-state index in [4.69, 9.17) is 0 Å². The number of rotatable bonds is 3. The molecule has 43 heavy (non-hydrogen) atoms. The molecule has 3 heteroatoms. The van der Waals surface area contributed by atoms with Crippen LogP contribution in [0.1, 0.15) is 0 Å². The summed E-state index contributed by atoms with van der Waals surface area (Å²) in [5.41, 5.74) is 11.3. The van der Waals surface area contributed by atoms with Crippen molar-refractivity contribution in [3.8, 4) is 27.3 Å². The number of nitrogens with zero attached hydrogens (tertiary/aromatic N) is 2. The quantitative estimate of drug-likeness (QED) is 0.202. The maximum atomic E-state index is 2.48. The van der Waals surface area contributed by atoms with Crippen molar-refractivity contribution in [3.63, 3.8) is 0 Å². The normalized spacial score (nSPS) is 12.2. The summed E-state index contributed by atoms with van der Waals surface area (Å²) in [7, 11) is 0. The van der Waals surface area contributed by atoms with E-state index >= 15 is 0 Å². The number of fused-ring (bicyclic) bond motifs is 9. The molecule has 0 saturated carbocycles. The predicted molar refractivity (Wildman–Crippen MR) is 184 cm³/mol. The molecule has 0 saturated heterocycles. The number of hydrogen-bond acceptors (Lipinski definition) is 1. The van der Waals surface area contributed by atoms with E-state index in [-0.39, 0.29) is 0 Å². The highest BCUT2D eigenvalue weighted by atomic mass is 32.1. The highest BCUT2D eigenvalue weighted by Crippen LogP contribution is 2.46. The van der Waals surface area contributed by atoms with E-state index in [1.807, 2.05) is 11.3 Å². The van der Waals surface area contributed by atoms with E-state index in [2.05, 4.69) is 155 Å². The second-order valence-electron chi connectivity index (χ2n) is 11.4. The molecule has 0 atom stereocenters. The third kappa shape index (κ3) is 3.17. The van der Waals surface area contributed by atoms with Crippen molar-refractivity contribution >= 4 is 70.6 Å². The second-order valence-corrected chi connectivity index (χ2v) is 12.4. The van der Waals surface area contributed by atoms with E-state index < -0.39 is 0 Å². The SMILES string of the molecule is c1ccc(-c2cc3c(s2)c2cc(-c4ccc5c(c4)c4ccccc4n5-c4ccccc4)cc4c5ccccc5n3c42)cc1. The van der Waals surface area contributed by atoms with Crippen LogP contribution in [0.15, 0.2) is 146 Å². The average Bonchev–Trinajstić information content (AvgIpc) is 3.81. The molecule has 200 valence electrons. The lowest BCUT2D eigenvalue weighted by Gasteiger charge is -2.08. The Morgan fingerprint density at radius 2 is 1.02 bits per heavy atom. The number of thiophene rings is 1. The van der Waals surface area contributed by atoms with Crippen LogP contribution in [0.25, 0.3) is 86.5 Å². The lowest BCUT2D eigenvalue weighted by atomic mass is 9.99. The van der Waals surface area contributed by atoms with Gasteiger partial charge in [0.15, 0.2) is 0 Å². The van der Waals surface area contributed by atoms with Gasteiger partial charge in [-0.1, -0.05) is 91.0 Å². The van der Waals surface area contributed by atoms with Gasteiger partial charge in [-0.05, 0) is 71.3 Å². The van der Waals surface area contributed by atoms with E-state index in [1.54, 1.807) is 0 Å². The van der Waals surface area contributed by atoms with Crippen molar-refractivity contribution < 1.29 is 0 Å². The lowest BCUT2D eigenvalue weighted by molar-refractivity contribution is 1.18. The molecule has 0 amide bonds. The van der Waals surface area contributed by atoms with Crippen LogP contribution in [0.4, 0.5) is 0 Å². The standard InChI is InChI=1S/C40H24N2S/c1-3-11-25(12-4-1)38-24-37-40(43-38)33-23-27(22-32-30-16-8-10-18-35(30)42(37)39(32)33)26-19-20-36-31(21-26)29-15-7-9-17-34(29)41(36)28-13-5-2-6-14-28/h1-24H. The van der Waals surface area contributed by atoms with E-state index in [9.17, 15) is 0 Å². The van der Waals surface area contributed by atoms with Gasteiger partial charge in [-0.15, -0.1) is 11.3 Å². The molecular formula is C40H24N2S. The Morgan fingerprint density at radius 3 is 1.84 bits per heavy atom. The van der Waals surface area contributed by atoms with Gasteiger partial charge in [-0.3, -0.25) is 0 Å². The van der Waals surface area contributed by atoms with E-state index in [1.165, 1.54) is 86.5 Å². The molecule has 0 unspecified atom stereocenters. The first-order valence-electron chi connectivity index (χ1n) is 14.7. The van der Waals surface area contributed by atoms with Gasteiger partial charge < -0.3 is 8.97 Å². The minimum atomic E-state index is 1.18. The number of para-hydroxylation sites is 3. The molecule has 4 heterocycles. The molecule has 0 fully saturated rings. The Bertz CT molecular complexity index is 2650. The van der Waals surface area contributed by atoms with Crippen LogP contribution in [-0.2, 0) is 0 Å². The highest BCUT2D eigenvalue weighted by molar-refractivity contribution is 7.23. The predicted octanol–water partition coefficient (Wildman–Crippen LogP) is 11.3. The zero-order valence-corrected chi connectivity index (χ0v) is 24.0. The number of hydrogen-bond donors (Lipinski definition) is 0. The number of benzene rings is 6. The van der Waals surface area contributed by atoms with Crippen molar-refractivity contribution in [3.05, 3.63) is 146 Å². The largest absolute Gasteiger partial charge is 0.309 e. The maximum Gasteiger partial charge on any atom is 0.0656 e. The molecule has 10 rings (SSSR count). The Kier molecular flexibility index (Phi) is 4.63. The summed E-state index contributed by atoms with van der Waals surface area (Å²) in [5, 5.41) is 6.51. The third-order valence-electron chi connectivity index (χ3n) is 9.05. The van der Waals surface area contributed by atoms with Gasteiger partial charge >= 0.3 is 0 Å². The van der Waals surface area contributed by atoms with Crippen LogP contribution in [0.2, 0.25) is 0 Å². The molecule has 10 aromatic rings. The molecule has 0 bridgehead atoms. The molecular weight excluding hydrogens is 541 g/mol. The molecule has 2 nitrogen and oxygen atoms in total. The molecule has 0 aliphatic heterocycles. The zero-order chi connectivity index (χ0) is 28.1. The van der Waals surface area contributed by atoms with Gasteiger partial charge in [0.05, 0.1) is 32.3 Å². The Balaban J connectivity index is 1.27. The number of aromatic nitrogens is 2. The van der Waals surface area contributed by atoms with Gasteiger partial charge in [0.1, 0.15) is 0 Å². The molecule has 0 aliphatic rings. The van der Waals surface area contributed by atoms with E-state index in [0.717, 1.165) is 0 Å². The van der Waals surface area contributed by atoms with Gasteiger partial charge in [0.25, 0.3) is 0 Å². The molecule has 0 radical (unpaired) electrons. The molecule has 0 spiro atoms. The van der Waals surface area contributed by atoms with Crippen molar-refractivity contribution in [2.45, 2.75) is 0 Å². The van der Waals surface area contributed by atoms with E-state index in [0.29, 0.717) is 0 Å². The molecule has 6 aromatic carbocycles. The summed E-state index contributed by atoms with van der Waals surface area (Å²) in [4.78, 5) is 1.31. The lowest BCUT2D eigenvalue weighted by Crippen LogP contribution is -1.92. The fourth-order valence-electron chi connectivity index (χ4n) is 7.18. The van der Waals surface area contributed by atoms with Crippen LogP contribution < -0.4 is 0 Å². The van der Waals surface area contributed by atoms with Crippen LogP contribution in [-0.4, -0.2) is 8.97 Å². The first-order valence-corrected chi connectivity index (χ1v) is 15.5. The fourth-order valence-corrected chi connectivity index (χ4v) is 8.35. The first-order chi connectivity index (χ1) is 21.3. The van der Waals surface area contributed by atoms with Crippen LogP contribution in [0.5, 0.6) is 0 Å².